The molecule has 0 aromatic heterocycles. The molecule has 0 aliphatic rings. The van der Waals surface area contributed by atoms with Crippen molar-refractivity contribution < 1.29 is 27.8 Å². The van der Waals surface area contributed by atoms with Crippen molar-refractivity contribution in [2.45, 2.75) is 26.4 Å². The summed E-state index contributed by atoms with van der Waals surface area (Å²) in [6.07, 6.45) is -0.929. The second-order valence-corrected chi connectivity index (χ2v) is 4.93. The Morgan fingerprint density at radius 3 is 2.25 bits per heavy atom. The molecule has 7 heteroatoms. The lowest BCUT2D eigenvalue weighted by molar-refractivity contribution is 0.0593. The SMILES string of the molecule is COC(=O)c1cc(F)c(NC(=O)OC(C)(C)C)cc1F. The molecule has 0 fully saturated rings. The van der Waals surface area contributed by atoms with E-state index in [4.69, 9.17) is 4.74 Å². The lowest BCUT2D eigenvalue weighted by atomic mass is 10.2. The monoisotopic (exact) mass is 287 g/mol. The van der Waals surface area contributed by atoms with Crippen molar-refractivity contribution in [3.05, 3.63) is 29.3 Å². The Balaban J connectivity index is 2.96. The first-order valence-corrected chi connectivity index (χ1v) is 5.71. The summed E-state index contributed by atoms with van der Waals surface area (Å²) in [4.78, 5) is 22.6. The van der Waals surface area contributed by atoms with Crippen LogP contribution in [0.2, 0.25) is 0 Å². The first kappa shape index (κ1) is 15.9. The number of esters is 1. The van der Waals surface area contributed by atoms with E-state index in [1.54, 1.807) is 20.8 Å². The van der Waals surface area contributed by atoms with Gasteiger partial charge in [-0.15, -0.1) is 0 Å². The van der Waals surface area contributed by atoms with Crippen LogP contribution in [0.15, 0.2) is 12.1 Å². The van der Waals surface area contributed by atoms with Gasteiger partial charge >= 0.3 is 12.1 Å². The molecule has 1 amide bonds. The minimum Gasteiger partial charge on any atom is -0.465 e. The third kappa shape index (κ3) is 4.18. The van der Waals surface area contributed by atoms with Crippen LogP contribution in [0, 0.1) is 11.6 Å². The zero-order chi connectivity index (χ0) is 15.5. The van der Waals surface area contributed by atoms with E-state index in [9.17, 15) is 18.4 Å². The number of amides is 1. The summed E-state index contributed by atoms with van der Waals surface area (Å²) in [6, 6.07) is 1.33. The summed E-state index contributed by atoms with van der Waals surface area (Å²) in [5, 5.41) is 2.06. The smallest absolute Gasteiger partial charge is 0.412 e. The van der Waals surface area contributed by atoms with E-state index >= 15 is 0 Å². The molecule has 0 aliphatic carbocycles. The molecule has 5 nitrogen and oxygen atoms in total. The number of benzene rings is 1. The van der Waals surface area contributed by atoms with Gasteiger partial charge in [0.2, 0.25) is 0 Å². The summed E-state index contributed by atoms with van der Waals surface area (Å²) in [5.74, 6) is -2.99. The molecule has 0 atom stereocenters. The second kappa shape index (κ2) is 5.85. The van der Waals surface area contributed by atoms with E-state index in [-0.39, 0.29) is 0 Å². The maximum Gasteiger partial charge on any atom is 0.412 e. The number of rotatable bonds is 2. The number of anilines is 1. The number of carbonyl (C=O) groups excluding carboxylic acids is 2. The van der Waals surface area contributed by atoms with Gasteiger partial charge in [-0.2, -0.15) is 0 Å². The van der Waals surface area contributed by atoms with Crippen LogP contribution in [0.4, 0.5) is 19.3 Å². The van der Waals surface area contributed by atoms with Gasteiger partial charge in [-0.3, -0.25) is 5.32 Å². The van der Waals surface area contributed by atoms with Crippen molar-refractivity contribution in [2.75, 3.05) is 12.4 Å². The molecule has 0 radical (unpaired) electrons. The van der Waals surface area contributed by atoms with Crippen LogP contribution in [0.25, 0.3) is 0 Å². The Labute approximate surface area is 114 Å². The van der Waals surface area contributed by atoms with E-state index in [1.807, 2.05) is 0 Å². The molecular formula is C13H15F2NO4. The standard InChI is InChI=1S/C13H15F2NO4/c1-13(2,3)20-12(18)16-10-6-8(14)7(5-9(10)15)11(17)19-4/h5-6H,1-4H3,(H,16,18). The first-order valence-electron chi connectivity index (χ1n) is 5.71. The molecule has 0 heterocycles. The van der Waals surface area contributed by atoms with Gasteiger partial charge in [-0.05, 0) is 26.8 Å². The Bertz CT molecular complexity index is 538. The molecule has 1 N–H and O–H groups in total. The predicted octanol–water partition coefficient (Wildman–Crippen LogP) is 3.10. The summed E-state index contributed by atoms with van der Waals surface area (Å²) in [6.45, 7) is 4.89. The van der Waals surface area contributed by atoms with Gasteiger partial charge < -0.3 is 9.47 Å². The van der Waals surface area contributed by atoms with Gasteiger partial charge in [0, 0.05) is 6.07 Å². The first-order chi connectivity index (χ1) is 9.14. The van der Waals surface area contributed by atoms with E-state index in [0.717, 1.165) is 7.11 Å². The van der Waals surface area contributed by atoms with Gasteiger partial charge in [0.25, 0.3) is 0 Å². The maximum absolute atomic E-state index is 13.7. The third-order valence-electron chi connectivity index (χ3n) is 2.10. The molecule has 1 rings (SSSR count). The van der Waals surface area contributed by atoms with E-state index in [1.165, 1.54) is 0 Å². The quantitative estimate of drug-likeness (QED) is 0.849. The lowest BCUT2D eigenvalue weighted by Gasteiger charge is -2.19. The number of hydrogen-bond donors (Lipinski definition) is 1. The molecule has 1 aromatic rings. The van der Waals surface area contributed by atoms with Crippen LogP contribution in [0.3, 0.4) is 0 Å². The minimum absolute atomic E-state index is 0.426. The molecular weight excluding hydrogens is 272 g/mol. The summed E-state index contributed by atoms with van der Waals surface area (Å²) >= 11 is 0. The van der Waals surface area contributed by atoms with Crippen molar-refractivity contribution in [3.8, 4) is 0 Å². The average molecular weight is 287 g/mol. The Kier molecular flexibility index (Phi) is 4.65. The molecule has 0 saturated heterocycles. The number of methoxy groups -OCH3 is 1. The van der Waals surface area contributed by atoms with Crippen LogP contribution in [0.5, 0.6) is 0 Å². The molecule has 110 valence electrons. The molecule has 0 spiro atoms. The van der Waals surface area contributed by atoms with Gasteiger partial charge in [-0.1, -0.05) is 0 Å². The van der Waals surface area contributed by atoms with Gasteiger partial charge in [-0.25, -0.2) is 18.4 Å². The van der Waals surface area contributed by atoms with Crippen molar-refractivity contribution in [2.24, 2.45) is 0 Å². The fourth-order valence-electron chi connectivity index (χ4n) is 1.32. The van der Waals surface area contributed by atoms with Crippen molar-refractivity contribution in [3.63, 3.8) is 0 Å². The predicted molar refractivity (Wildman–Crippen MR) is 67.6 cm³/mol. The van der Waals surface area contributed by atoms with Crippen LogP contribution >= 0.6 is 0 Å². The van der Waals surface area contributed by atoms with Crippen LogP contribution in [0.1, 0.15) is 31.1 Å². The third-order valence-corrected chi connectivity index (χ3v) is 2.10. The molecule has 0 saturated carbocycles. The minimum atomic E-state index is -1.01. The molecule has 0 unspecified atom stereocenters. The van der Waals surface area contributed by atoms with Crippen LogP contribution < -0.4 is 5.32 Å². The van der Waals surface area contributed by atoms with Crippen LogP contribution in [-0.2, 0) is 9.47 Å². The Morgan fingerprint density at radius 2 is 1.75 bits per heavy atom. The highest BCUT2D eigenvalue weighted by Gasteiger charge is 2.20. The maximum atomic E-state index is 13.7. The van der Waals surface area contributed by atoms with Gasteiger partial charge in [0.15, 0.2) is 0 Å². The molecule has 0 aliphatic heterocycles. The molecule has 0 bridgehead atoms. The summed E-state index contributed by atoms with van der Waals surface area (Å²) < 4.78 is 36.5. The number of ether oxygens (including phenoxy) is 2. The van der Waals surface area contributed by atoms with Gasteiger partial charge in [0.05, 0.1) is 18.4 Å². The topological polar surface area (TPSA) is 64.6 Å². The second-order valence-electron chi connectivity index (χ2n) is 4.93. The van der Waals surface area contributed by atoms with Crippen molar-refractivity contribution in [1.29, 1.82) is 0 Å². The summed E-state index contributed by atoms with van der Waals surface area (Å²) in [5.41, 5.74) is -1.76. The van der Waals surface area contributed by atoms with E-state index in [2.05, 4.69) is 10.1 Å². The fraction of sp³-hybridized carbons (Fsp3) is 0.385. The average Bonchev–Trinajstić information content (AvgIpc) is 2.30. The van der Waals surface area contributed by atoms with Crippen molar-refractivity contribution in [1.82, 2.24) is 0 Å². The normalized spacial score (nSPS) is 10.9. The number of carbonyl (C=O) groups is 2. The van der Waals surface area contributed by atoms with E-state index in [0.29, 0.717) is 12.1 Å². The number of nitrogens with one attached hydrogen (secondary N) is 1. The Hall–Kier alpha value is -2.18. The number of hydrogen-bond acceptors (Lipinski definition) is 4. The van der Waals surface area contributed by atoms with Crippen LogP contribution in [-0.4, -0.2) is 24.8 Å². The lowest BCUT2D eigenvalue weighted by Crippen LogP contribution is -2.27. The molecule has 20 heavy (non-hydrogen) atoms. The highest BCUT2D eigenvalue weighted by molar-refractivity contribution is 5.91. The highest BCUT2D eigenvalue weighted by Crippen LogP contribution is 2.21. The zero-order valence-electron chi connectivity index (χ0n) is 11.5. The molecule has 1 aromatic carbocycles. The summed E-state index contributed by atoms with van der Waals surface area (Å²) in [7, 11) is 1.05. The fourth-order valence-corrected chi connectivity index (χ4v) is 1.32. The zero-order valence-corrected chi connectivity index (χ0v) is 11.5. The van der Waals surface area contributed by atoms with E-state index < -0.39 is 40.5 Å². The largest absolute Gasteiger partial charge is 0.465 e. The Morgan fingerprint density at radius 1 is 1.15 bits per heavy atom. The number of halogens is 2. The highest BCUT2D eigenvalue weighted by atomic mass is 19.1. The van der Waals surface area contributed by atoms with Gasteiger partial charge in [0.1, 0.15) is 17.2 Å². The van der Waals surface area contributed by atoms with Crippen molar-refractivity contribution >= 4 is 17.7 Å².